The van der Waals surface area contributed by atoms with E-state index in [0.717, 1.165) is 38.3 Å². The Labute approximate surface area is 198 Å². The van der Waals surface area contributed by atoms with Crippen LogP contribution in [0.3, 0.4) is 0 Å². The standard InChI is InChI=1S/C24H30FN5O4/c1-16-15-34-23-20(30(16)24(32)33)14-18(13-17-3-5-19(25)6-4-17)21(27-23)22(31)26-7-8-29-11-9-28(2)10-12-29/h3-6,14,16H,7-13,15H2,1-2H3,(H,26,31)(H,32,33). The number of hydrogen-bond acceptors (Lipinski definition) is 6. The van der Waals surface area contributed by atoms with Crippen molar-refractivity contribution < 1.29 is 23.8 Å². The Kier molecular flexibility index (Phi) is 7.28. The summed E-state index contributed by atoms with van der Waals surface area (Å²) < 4.78 is 19.1. The number of benzene rings is 1. The lowest BCUT2D eigenvalue weighted by Crippen LogP contribution is -2.47. The molecule has 2 amide bonds. The molecule has 3 heterocycles. The summed E-state index contributed by atoms with van der Waals surface area (Å²) >= 11 is 0. The number of amides is 2. The van der Waals surface area contributed by atoms with Crippen LogP contribution in [0.15, 0.2) is 30.3 Å². The molecule has 10 heteroatoms. The van der Waals surface area contributed by atoms with Crippen LogP contribution in [0, 0.1) is 5.82 Å². The van der Waals surface area contributed by atoms with Crippen molar-refractivity contribution in [1.82, 2.24) is 20.1 Å². The van der Waals surface area contributed by atoms with E-state index in [1.807, 2.05) is 0 Å². The van der Waals surface area contributed by atoms with Gasteiger partial charge in [-0.25, -0.2) is 14.2 Å². The molecule has 1 aromatic carbocycles. The topological polar surface area (TPSA) is 98.2 Å². The monoisotopic (exact) mass is 471 g/mol. The highest BCUT2D eigenvalue weighted by Crippen LogP contribution is 2.35. The lowest BCUT2D eigenvalue weighted by atomic mass is 10.0. The molecule has 1 fully saturated rings. The van der Waals surface area contributed by atoms with Gasteiger partial charge in [0.2, 0.25) is 5.88 Å². The second kappa shape index (κ2) is 10.4. The lowest BCUT2D eigenvalue weighted by molar-refractivity contribution is 0.0933. The summed E-state index contributed by atoms with van der Waals surface area (Å²) in [7, 11) is 2.10. The van der Waals surface area contributed by atoms with Crippen molar-refractivity contribution in [1.29, 1.82) is 0 Å². The van der Waals surface area contributed by atoms with E-state index in [9.17, 15) is 19.1 Å². The number of carboxylic acid groups (broad SMARTS) is 1. The van der Waals surface area contributed by atoms with Gasteiger partial charge in [0.05, 0.1) is 6.04 Å². The van der Waals surface area contributed by atoms with Gasteiger partial charge in [0.15, 0.2) is 0 Å². The summed E-state index contributed by atoms with van der Waals surface area (Å²) in [6.45, 7) is 7.00. The molecular weight excluding hydrogens is 441 g/mol. The molecule has 1 unspecified atom stereocenters. The molecule has 2 aliphatic rings. The smallest absolute Gasteiger partial charge is 0.412 e. The molecule has 0 radical (unpaired) electrons. The molecular formula is C24H30FN5O4. The van der Waals surface area contributed by atoms with Crippen LogP contribution in [0.4, 0.5) is 14.9 Å². The van der Waals surface area contributed by atoms with Crippen LogP contribution in [-0.2, 0) is 6.42 Å². The summed E-state index contributed by atoms with van der Waals surface area (Å²) in [5, 5.41) is 12.7. The fourth-order valence-electron chi connectivity index (χ4n) is 4.24. The average Bonchev–Trinajstić information content (AvgIpc) is 2.81. The van der Waals surface area contributed by atoms with E-state index >= 15 is 0 Å². The van der Waals surface area contributed by atoms with Gasteiger partial charge in [-0.3, -0.25) is 14.6 Å². The van der Waals surface area contributed by atoms with Gasteiger partial charge in [-0.2, -0.15) is 0 Å². The minimum absolute atomic E-state index is 0.118. The Bertz CT molecular complexity index is 1040. The number of aromatic nitrogens is 1. The van der Waals surface area contributed by atoms with Crippen LogP contribution in [0.25, 0.3) is 0 Å². The maximum Gasteiger partial charge on any atom is 0.412 e. The number of likely N-dealkylation sites (N-methyl/N-ethyl adjacent to an activating group) is 1. The second-order valence-corrected chi connectivity index (χ2v) is 8.84. The van der Waals surface area contributed by atoms with E-state index < -0.39 is 12.1 Å². The number of carbonyl (C=O) groups excluding carboxylic acids is 1. The van der Waals surface area contributed by atoms with Crippen molar-refractivity contribution in [2.75, 3.05) is 57.8 Å². The fraction of sp³-hybridized carbons (Fsp3) is 0.458. The number of piperazine rings is 1. The molecule has 1 aromatic heterocycles. The molecule has 0 bridgehead atoms. The zero-order valence-electron chi connectivity index (χ0n) is 19.5. The third kappa shape index (κ3) is 5.45. The summed E-state index contributed by atoms with van der Waals surface area (Å²) in [4.78, 5) is 35.2. The number of nitrogens with zero attached hydrogens (tertiary/aromatic N) is 4. The SMILES string of the molecule is CC1COc2nc(C(=O)NCCN3CCN(C)CC3)c(Cc3ccc(F)cc3)cc2N1C(=O)O. The molecule has 0 spiro atoms. The lowest BCUT2D eigenvalue weighted by Gasteiger charge is -2.33. The number of ether oxygens (including phenoxy) is 1. The molecule has 182 valence electrons. The van der Waals surface area contributed by atoms with Crippen molar-refractivity contribution in [3.8, 4) is 5.88 Å². The number of fused-ring (bicyclic) bond motifs is 1. The minimum Gasteiger partial charge on any atom is -0.474 e. The molecule has 4 rings (SSSR count). The van der Waals surface area contributed by atoms with E-state index in [4.69, 9.17) is 4.74 Å². The molecule has 2 aliphatic heterocycles. The number of pyridine rings is 1. The van der Waals surface area contributed by atoms with Crippen LogP contribution < -0.4 is 15.0 Å². The summed E-state index contributed by atoms with van der Waals surface area (Å²) in [6.07, 6.45) is -0.820. The normalized spacial score (nSPS) is 18.8. The molecule has 34 heavy (non-hydrogen) atoms. The molecule has 2 N–H and O–H groups in total. The maximum atomic E-state index is 13.4. The van der Waals surface area contributed by atoms with Gasteiger partial charge < -0.3 is 20.1 Å². The van der Waals surface area contributed by atoms with Gasteiger partial charge >= 0.3 is 6.09 Å². The molecule has 0 saturated carbocycles. The summed E-state index contributed by atoms with van der Waals surface area (Å²) in [6, 6.07) is 7.23. The van der Waals surface area contributed by atoms with Gasteiger partial charge in [0, 0.05) is 39.3 Å². The van der Waals surface area contributed by atoms with Crippen molar-refractivity contribution in [2.45, 2.75) is 19.4 Å². The molecule has 2 aromatic rings. The third-order valence-corrected chi connectivity index (χ3v) is 6.25. The Balaban J connectivity index is 1.57. The first-order valence-electron chi connectivity index (χ1n) is 11.4. The number of anilines is 1. The van der Waals surface area contributed by atoms with Crippen molar-refractivity contribution in [2.24, 2.45) is 0 Å². The van der Waals surface area contributed by atoms with E-state index in [1.165, 1.54) is 17.0 Å². The summed E-state index contributed by atoms with van der Waals surface area (Å²) in [5.74, 6) is -0.584. The van der Waals surface area contributed by atoms with Gasteiger partial charge in [-0.05, 0) is 49.7 Å². The second-order valence-electron chi connectivity index (χ2n) is 8.84. The van der Waals surface area contributed by atoms with Crippen LogP contribution in [-0.4, -0.2) is 90.9 Å². The zero-order valence-corrected chi connectivity index (χ0v) is 19.5. The number of rotatable bonds is 6. The molecule has 1 atom stereocenters. The van der Waals surface area contributed by atoms with E-state index in [1.54, 1.807) is 25.1 Å². The fourth-order valence-corrected chi connectivity index (χ4v) is 4.24. The van der Waals surface area contributed by atoms with Crippen LogP contribution in [0.1, 0.15) is 28.5 Å². The van der Waals surface area contributed by atoms with E-state index in [-0.39, 0.29) is 29.9 Å². The average molecular weight is 472 g/mol. The third-order valence-electron chi connectivity index (χ3n) is 6.25. The van der Waals surface area contributed by atoms with Gasteiger partial charge in [-0.15, -0.1) is 0 Å². The van der Waals surface area contributed by atoms with Crippen LogP contribution >= 0.6 is 0 Å². The summed E-state index contributed by atoms with van der Waals surface area (Å²) in [5.41, 5.74) is 1.81. The first-order chi connectivity index (χ1) is 16.3. The number of carbonyl (C=O) groups is 2. The predicted octanol–water partition coefficient (Wildman–Crippen LogP) is 2.05. The first-order valence-corrected chi connectivity index (χ1v) is 11.4. The maximum absolute atomic E-state index is 13.4. The zero-order chi connectivity index (χ0) is 24.2. The van der Waals surface area contributed by atoms with Gasteiger partial charge in [0.25, 0.3) is 5.91 Å². The number of halogens is 1. The van der Waals surface area contributed by atoms with Crippen LogP contribution in [0.5, 0.6) is 5.88 Å². The minimum atomic E-state index is -1.11. The Morgan fingerprint density at radius 2 is 1.91 bits per heavy atom. The Morgan fingerprint density at radius 1 is 1.21 bits per heavy atom. The highest BCUT2D eigenvalue weighted by atomic mass is 19.1. The van der Waals surface area contributed by atoms with Crippen molar-refractivity contribution >= 4 is 17.7 Å². The quantitative estimate of drug-likeness (QED) is 0.666. The van der Waals surface area contributed by atoms with Gasteiger partial charge in [0.1, 0.15) is 23.8 Å². The Morgan fingerprint density at radius 3 is 2.59 bits per heavy atom. The highest BCUT2D eigenvalue weighted by molar-refractivity contribution is 5.96. The Hall–Kier alpha value is -3.24. The van der Waals surface area contributed by atoms with Crippen molar-refractivity contribution in [3.63, 3.8) is 0 Å². The largest absolute Gasteiger partial charge is 0.474 e. The molecule has 9 nitrogen and oxygen atoms in total. The van der Waals surface area contributed by atoms with E-state index in [2.05, 4.69) is 27.1 Å². The predicted molar refractivity (Wildman–Crippen MR) is 125 cm³/mol. The molecule has 0 aliphatic carbocycles. The van der Waals surface area contributed by atoms with E-state index in [0.29, 0.717) is 24.2 Å². The highest BCUT2D eigenvalue weighted by Gasteiger charge is 2.32. The van der Waals surface area contributed by atoms with Crippen molar-refractivity contribution in [3.05, 3.63) is 53.0 Å². The molecule has 1 saturated heterocycles. The number of nitrogens with one attached hydrogen (secondary N) is 1. The van der Waals surface area contributed by atoms with Crippen LogP contribution in [0.2, 0.25) is 0 Å². The number of hydrogen-bond donors (Lipinski definition) is 2. The van der Waals surface area contributed by atoms with Gasteiger partial charge in [-0.1, -0.05) is 12.1 Å². The first kappa shape index (κ1) is 23.9.